The van der Waals surface area contributed by atoms with Gasteiger partial charge >= 0.3 is 9.06 Å². The highest BCUT2D eigenvalue weighted by molar-refractivity contribution is 8.58. The third kappa shape index (κ3) is 4.30. The fraction of sp³-hybridized carbons (Fsp3) is 1.00. The Bertz CT molecular complexity index is 286. The van der Waals surface area contributed by atoms with Gasteiger partial charge in [-0.2, -0.15) is 13.1 Å². The Hall–Kier alpha value is -0.180. The molecule has 0 aliphatic rings. The molecule has 0 atom stereocenters. The van der Waals surface area contributed by atoms with Gasteiger partial charge in [0.15, 0.2) is 0 Å². The number of hydrogen-bond acceptors (Lipinski definition) is 5. The number of aliphatic hydroxyl groups is 1. The maximum absolute atomic E-state index is 10.5. The molecule has 0 aliphatic carbocycles. The zero-order valence-electron chi connectivity index (χ0n) is 5.94. The minimum absolute atomic E-state index is 1.11. The van der Waals surface area contributed by atoms with Crippen LogP contribution in [0, 0.1) is 0 Å². The van der Waals surface area contributed by atoms with E-state index in [4.69, 9.17) is 5.11 Å². The molecule has 0 fully saturated rings. The van der Waals surface area contributed by atoms with Gasteiger partial charge in [0.1, 0.15) is 5.72 Å². The second kappa shape index (κ2) is 3.05. The second-order valence-electron chi connectivity index (χ2n) is 2.36. The second-order valence-corrected chi connectivity index (χ2v) is 6.30. The first-order valence-electron chi connectivity index (χ1n) is 2.56. The molecule has 11 heavy (non-hydrogen) atoms. The van der Waals surface area contributed by atoms with E-state index >= 15 is 0 Å². The molecule has 0 aliphatic heterocycles. The summed E-state index contributed by atoms with van der Waals surface area (Å²) in [6.45, 7) is 2.23. The standard InChI is InChI=1S/C3H9NO5S2/c1-3(2,5)4-11(8,9)10(6)7/h4-5,10H,1-2H3. The molecule has 0 aromatic heterocycles. The topological polar surface area (TPSA) is 101 Å². The molecule has 0 heterocycles. The summed E-state index contributed by atoms with van der Waals surface area (Å²) in [5.41, 5.74) is -1.76. The van der Waals surface area contributed by atoms with Gasteiger partial charge in [-0.15, -0.1) is 0 Å². The molecule has 0 saturated carbocycles. The average molecular weight is 203 g/mol. The van der Waals surface area contributed by atoms with Crippen LogP contribution in [-0.2, 0) is 18.8 Å². The van der Waals surface area contributed by atoms with Crippen LogP contribution in [0.1, 0.15) is 13.8 Å². The highest BCUT2D eigenvalue weighted by Gasteiger charge is 2.23. The zero-order chi connectivity index (χ0) is 9.28. The van der Waals surface area contributed by atoms with Crippen LogP contribution in [0.15, 0.2) is 0 Å². The third-order valence-corrected chi connectivity index (χ3v) is 3.18. The largest absolute Gasteiger partial charge is 0.375 e. The molecular formula is C3H9NO5S2. The normalized spacial score (nSPS) is 13.8. The molecular weight excluding hydrogens is 194 g/mol. The monoisotopic (exact) mass is 203 g/mol. The third-order valence-electron chi connectivity index (χ3n) is 0.575. The summed E-state index contributed by atoms with van der Waals surface area (Å²) in [6, 6.07) is 0. The van der Waals surface area contributed by atoms with Crippen molar-refractivity contribution in [2.45, 2.75) is 19.6 Å². The van der Waals surface area contributed by atoms with E-state index in [1.165, 1.54) is 4.72 Å². The van der Waals surface area contributed by atoms with Gasteiger partial charge in [-0.25, -0.2) is 8.42 Å². The molecule has 0 bridgehead atoms. The first kappa shape index (κ1) is 10.8. The van der Waals surface area contributed by atoms with Crippen LogP contribution in [0.5, 0.6) is 0 Å². The summed E-state index contributed by atoms with van der Waals surface area (Å²) in [6.07, 6.45) is 0. The fourth-order valence-electron chi connectivity index (χ4n) is 0.353. The highest BCUT2D eigenvalue weighted by Crippen LogP contribution is 1.98. The molecule has 0 saturated heterocycles. The van der Waals surface area contributed by atoms with Gasteiger partial charge in [0, 0.05) is 0 Å². The Morgan fingerprint density at radius 1 is 1.36 bits per heavy atom. The Labute approximate surface area is 65.6 Å². The molecule has 0 aromatic rings. The van der Waals surface area contributed by atoms with Gasteiger partial charge in [-0.3, -0.25) is 0 Å². The number of nitrogens with one attached hydrogen (secondary N) is 1. The van der Waals surface area contributed by atoms with E-state index < -0.39 is 24.5 Å². The lowest BCUT2D eigenvalue weighted by Gasteiger charge is -2.15. The van der Waals surface area contributed by atoms with Crippen LogP contribution in [0.4, 0.5) is 0 Å². The summed E-state index contributed by atoms with van der Waals surface area (Å²) in [7, 11) is -8.01. The van der Waals surface area contributed by atoms with Gasteiger partial charge in [0.2, 0.25) is 0 Å². The first-order valence-corrected chi connectivity index (χ1v) is 5.82. The van der Waals surface area contributed by atoms with E-state index in [0.29, 0.717) is 0 Å². The van der Waals surface area contributed by atoms with Crippen LogP contribution >= 0.6 is 0 Å². The van der Waals surface area contributed by atoms with Gasteiger partial charge in [-0.1, -0.05) is 0 Å². The van der Waals surface area contributed by atoms with E-state index in [9.17, 15) is 16.8 Å². The molecule has 2 N–H and O–H groups in total. The molecule has 0 aromatic carbocycles. The zero-order valence-corrected chi connectivity index (χ0v) is 7.65. The molecule has 0 radical (unpaired) electrons. The minimum Gasteiger partial charge on any atom is -0.375 e. The summed E-state index contributed by atoms with van der Waals surface area (Å²) >= 11 is 0. The van der Waals surface area contributed by atoms with Gasteiger partial charge in [0.25, 0.3) is 9.74 Å². The SMILES string of the molecule is CC(C)(O)NS(=O)(=O)[SH](=O)=O. The number of hydrogen-bond donors (Lipinski definition) is 3. The van der Waals surface area contributed by atoms with Crippen molar-refractivity contribution >= 4 is 18.8 Å². The minimum atomic E-state index is -4.40. The smallest absolute Gasteiger partial charge is 0.317 e. The van der Waals surface area contributed by atoms with Crippen LogP contribution < -0.4 is 4.72 Å². The lowest BCUT2D eigenvalue weighted by atomic mass is 10.4. The Balaban J connectivity index is 4.67. The van der Waals surface area contributed by atoms with E-state index in [2.05, 4.69) is 0 Å². The molecule has 6 nitrogen and oxygen atoms in total. The predicted molar refractivity (Wildman–Crippen MR) is 38.7 cm³/mol. The summed E-state index contributed by atoms with van der Waals surface area (Å²) < 4.78 is 42.4. The van der Waals surface area contributed by atoms with E-state index in [-0.39, 0.29) is 0 Å². The van der Waals surface area contributed by atoms with Crippen molar-refractivity contribution in [2.24, 2.45) is 0 Å². The van der Waals surface area contributed by atoms with E-state index in [1.54, 1.807) is 0 Å². The molecule has 0 unspecified atom stereocenters. The van der Waals surface area contributed by atoms with Crippen molar-refractivity contribution in [1.82, 2.24) is 4.72 Å². The Morgan fingerprint density at radius 2 is 1.73 bits per heavy atom. The van der Waals surface area contributed by atoms with Crippen LogP contribution in [-0.4, -0.2) is 27.7 Å². The van der Waals surface area contributed by atoms with Gasteiger partial charge < -0.3 is 5.11 Å². The number of thiol groups is 1. The van der Waals surface area contributed by atoms with Crippen molar-refractivity contribution < 1.29 is 21.9 Å². The lowest BCUT2D eigenvalue weighted by molar-refractivity contribution is 0.0696. The highest BCUT2D eigenvalue weighted by atomic mass is 33.2. The van der Waals surface area contributed by atoms with Gasteiger partial charge in [-0.05, 0) is 13.8 Å². The summed E-state index contributed by atoms with van der Waals surface area (Å²) in [4.78, 5) is 0. The predicted octanol–water partition coefficient (Wildman–Crippen LogP) is -1.84. The van der Waals surface area contributed by atoms with Crippen molar-refractivity contribution in [3.63, 3.8) is 0 Å². The molecule has 0 rings (SSSR count). The van der Waals surface area contributed by atoms with Crippen LogP contribution in [0.25, 0.3) is 0 Å². The van der Waals surface area contributed by atoms with Crippen LogP contribution in [0.3, 0.4) is 0 Å². The first-order chi connectivity index (χ1) is 4.65. The number of rotatable bonds is 3. The van der Waals surface area contributed by atoms with Crippen molar-refractivity contribution in [3.8, 4) is 0 Å². The molecule has 0 amide bonds. The van der Waals surface area contributed by atoms with Crippen molar-refractivity contribution in [2.75, 3.05) is 0 Å². The maximum Gasteiger partial charge on any atom is 0.317 e. The van der Waals surface area contributed by atoms with Crippen molar-refractivity contribution in [1.29, 1.82) is 0 Å². The lowest BCUT2D eigenvalue weighted by Crippen LogP contribution is -2.43. The van der Waals surface area contributed by atoms with E-state index in [1.807, 2.05) is 0 Å². The molecule has 68 valence electrons. The van der Waals surface area contributed by atoms with Gasteiger partial charge in [0.05, 0.1) is 0 Å². The maximum atomic E-state index is 10.5. The Morgan fingerprint density at radius 3 is 1.82 bits per heavy atom. The van der Waals surface area contributed by atoms with Crippen molar-refractivity contribution in [3.05, 3.63) is 0 Å². The van der Waals surface area contributed by atoms with Crippen LogP contribution in [0.2, 0.25) is 0 Å². The summed E-state index contributed by atoms with van der Waals surface area (Å²) in [5, 5.41) is 8.84. The molecule has 0 spiro atoms. The quantitative estimate of drug-likeness (QED) is 0.284. The molecule has 8 heteroatoms. The Kier molecular flexibility index (Phi) is 3.00. The fourth-order valence-corrected chi connectivity index (χ4v) is 1.95. The van der Waals surface area contributed by atoms with E-state index in [0.717, 1.165) is 13.8 Å². The average Bonchev–Trinajstić information content (AvgIpc) is 1.56. The summed E-state index contributed by atoms with van der Waals surface area (Å²) in [5.74, 6) is 0.